The van der Waals surface area contributed by atoms with Gasteiger partial charge in [0.2, 0.25) is 11.8 Å². The summed E-state index contributed by atoms with van der Waals surface area (Å²) < 4.78 is 11.6. The molecule has 0 N–H and O–H groups in total. The van der Waals surface area contributed by atoms with Crippen LogP contribution in [0.25, 0.3) is 0 Å². The van der Waals surface area contributed by atoms with Crippen molar-refractivity contribution in [2.75, 3.05) is 26.3 Å². The van der Waals surface area contributed by atoms with Gasteiger partial charge in [0, 0.05) is 44.0 Å². The number of benzene rings is 2. The minimum absolute atomic E-state index is 0.219. The third kappa shape index (κ3) is 5.54. The normalized spacial score (nSPS) is 18.3. The zero-order chi connectivity index (χ0) is 24.1. The first-order valence-corrected chi connectivity index (χ1v) is 12.6. The Labute approximate surface area is 207 Å². The number of para-hydroxylation sites is 1. The van der Waals surface area contributed by atoms with Crippen LogP contribution in [-0.2, 0) is 16.0 Å². The first kappa shape index (κ1) is 23.5. The number of likely N-dealkylation sites (tertiary alicyclic amines) is 1. The summed E-state index contributed by atoms with van der Waals surface area (Å²) in [6.07, 6.45) is 4.05. The average Bonchev–Trinajstić information content (AvgIpc) is 2.90. The Kier molecular flexibility index (Phi) is 7.09. The zero-order valence-electron chi connectivity index (χ0n) is 20.4. The molecular weight excluding hydrogens is 438 g/mol. The van der Waals surface area contributed by atoms with Crippen LogP contribution >= 0.6 is 0 Å². The van der Waals surface area contributed by atoms with Gasteiger partial charge in [-0.15, -0.1) is 0 Å². The number of piperidine rings is 1. The molecular formula is C29H33N3O3. The van der Waals surface area contributed by atoms with Crippen LogP contribution in [0, 0.1) is 12.3 Å². The van der Waals surface area contributed by atoms with Gasteiger partial charge in [-0.3, -0.25) is 4.79 Å². The molecule has 3 heterocycles. The van der Waals surface area contributed by atoms with Gasteiger partial charge in [-0.2, -0.15) is 4.98 Å². The van der Waals surface area contributed by atoms with Gasteiger partial charge < -0.3 is 14.4 Å². The van der Waals surface area contributed by atoms with E-state index in [1.165, 1.54) is 5.56 Å². The molecule has 0 aliphatic carbocycles. The van der Waals surface area contributed by atoms with Crippen LogP contribution in [-0.4, -0.2) is 47.1 Å². The Morgan fingerprint density at radius 3 is 2.34 bits per heavy atom. The highest BCUT2D eigenvalue weighted by atomic mass is 16.5. The molecule has 2 aliphatic heterocycles. The monoisotopic (exact) mass is 471 g/mol. The fourth-order valence-corrected chi connectivity index (χ4v) is 5.30. The highest BCUT2D eigenvalue weighted by Crippen LogP contribution is 2.38. The molecule has 35 heavy (non-hydrogen) atoms. The number of aryl methyl sites for hydroxylation is 1. The summed E-state index contributed by atoms with van der Waals surface area (Å²) in [4.78, 5) is 25.4. The summed E-state index contributed by atoms with van der Waals surface area (Å²) >= 11 is 0. The van der Waals surface area contributed by atoms with Crippen molar-refractivity contribution >= 4 is 5.91 Å². The molecule has 5 rings (SSSR count). The minimum atomic E-state index is -0.372. The molecule has 2 aliphatic rings. The largest absolute Gasteiger partial charge is 0.439 e. The molecule has 0 bridgehead atoms. The number of hydrogen-bond acceptors (Lipinski definition) is 5. The van der Waals surface area contributed by atoms with Crippen LogP contribution in [0.4, 0.5) is 0 Å². The van der Waals surface area contributed by atoms with E-state index in [0.29, 0.717) is 19.1 Å². The molecule has 6 heteroatoms. The van der Waals surface area contributed by atoms with E-state index < -0.39 is 0 Å². The predicted molar refractivity (Wildman–Crippen MR) is 134 cm³/mol. The maximum absolute atomic E-state index is 13.9. The van der Waals surface area contributed by atoms with E-state index in [9.17, 15) is 4.79 Å². The third-order valence-electron chi connectivity index (χ3n) is 7.25. The lowest BCUT2D eigenvalue weighted by Crippen LogP contribution is -2.50. The van der Waals surface area contributed by atoms with Crippen LogP contribution in [0.1, 0.15) is 48.7 Å². The van der Waals surface area contributed by atoms with Crippen LogP contribution in [0.2, 0.25) is 0 Å². The average molecular weight is 472 g/mol. The quantitative estimate of drug-likeness (QED) is 0.487. The first-order valence-electron chi connectivity index (χ1n) is 12.6. The van der Waals surface area contributed by atoms with Crippen LogP contribution in [0.15, 0.2) is 66.7 Å². The molecule has 3 aromatic rings. The maximum Gasteiger partial charge on any atom is 0.229 e. The second kappa shape index (κ2) is 10.6. The second-order valence-electron chi connectivity index (χ2n) is 9.74. The highest BCUT2D eigenvalue weighted by molar-refractivity contribution is 5.83. The van der Waals surface area contributed by atoms with Gasteiger partial charge in [0.25, 0.3) is 0 Å². The molecule has 182 valence electrons. The Hall–Kier alpha value is -3.25. The summed E-state index contributed by atoms with van der Waals surface area (Å²) in [6.45, 7) is 4.73. The molecule has 1 amide bonds. The third-order valence-corrected chi connectivity index (χ3v) is 7.25. The van der Waals surface area contributed by atoms with E-state index in [0.717, 1.165) is 62.5 Å². The molecule has 2 aromatic carbocycles. The summed E-state index contributed by atoms with van der Waals surface area (Å²) in [6, 6.07) is 21.9. The highest BCUT2D eigenvalue weighted by Gasteiger charge is 2.43. The SMILES string of the molecule is Cc1cc(Oc2ccccc2)nc(C2CCN(C(=O)C3(Cc4ccccc4)CCOCC3)CC2)n1. The number of hydrogen-bond donors (Lipinski definition) is 0. The summed E-state index contributed by atoms with van der Waals surface area (Å²) in [5.41, 5.74) is 1.74. The van der Waals surface area contributed by atoms with E-state index in [1.54, 1.807) is 0 Å². The smallest absolute Gasteiger partial charge is 0.229 e. The number of rotatable bonds is 6. The molecule has 6 nitrogen and oxygen atoms in total. The number of carbonyl (C=O) groups excluding carboxylic acids is 1. The Balaban J connectivity index is 1.27. The van der Waals surface area contributed by atoms with Crippen molar-refractivity contribution in [1.82, 2.24) is 14.9 Å². The van der Waals surface area contributed by atoms with Crippen LogP contribution < -0.4 is 4.74 Å². The molecule has 0 unspecified atom stereocenters. The Bertz CT molecular complexity index is 1120. The van der Waals surface area contributed by atoms with E-state index in [1.807, 2.05) is 49.4 Å². The van der Waals surface area contributed by atoms with Crippen molar-refractivity contribution in [2.45, 2.75) is 44.9 Å². The zero-order valence-corrected chi connectivity index (χ0v) is 20.4. The summed E-state index contributed by atoms with van der Waals surface area (Å²) in [7, 11) is 0. The molecule has 2 saturated heterocycles. The lowest BCUT2D eigenvalue weighted by molar-refractivity contribution is -0.149. The number of ether oxygens (including phenoxy) is 2. The van der Waals surface area contributed by atoms with Gasteiger partial charge in [-0.25, -0.2) is 4.98 Å². The standard InChI is InChI=1S/C29H33N3O3/c1-22-20-26(35-25-10-6-3-7-11-25)31-27(30-22)24-12-16-32(17-13-24)28(33)29(14-18-34-19-15-29)21-23-8-4-2-5-9-23/h2-11,20,24H,12-19,21H2,1H3. The van der Waals surface area contributed by atoms with Gasteiger partial charge in [-0.1, -0.05) is 48.5 Å². The maximum atomic E-state index is 13.9. The van der Waals surface area contributed by atoms with Gasteiger partial charge in [0.15, 0.2) is 0 Å². The van der Waals surface area contributed by atoms with Crippen molar-refractivity contribution in [3.8, 4) is 11.6 Å². The van der Waals surface area contributed by atoms with Crippen molar-refractivity contribution < 1.29 is 14.3 Å². The van der Waals surface area contributed by atoms with Crippen molar-refractivity contribution in [3.63, 3.8) is 0 Å². The topological polar surface area (TPSA) is 64.5 Å². The van der Waals surface area contributed by atoms with Crippen molar-refractivity contribution in [1.29, 1.82) is 0 Å². The number of amides is 1. The van der Waals surface area contributed by atoms with Crippen LogP contribution in [0.3, 0.4) is 0 Å². The fraction of sp³-hybridized carbons (Fsp3) is 0.414. The summed E-state index contributed by atoms with van der Waals surface area (Å²) in [5, 5.41) is 0. The van der Waals surface area contributed by atoms with Gasteiger partial charge >= 0.3 is 0 Å². The molecule has 0 spiro atoms. The lowest BCUT2D eigenvalue weighted by atomic mass is 9.73. The number of nitrogens with zero attached hydrogens (tertiary/aromatic N) is 3. The van der Waals surface area contributed by atoms with E-state index in [2.05, 4.69) is 29.2 Å². The van der Waals surface area contributed by atoms with E-state index >= 15 is 0 Å². The Morgan fingerprint density at radius 2 is 1.66 bits per heavy atom. The van der Waals surface area contributed by atoms with Crippen molar-refractivity contribution in [3.05, 3.63) is 83.8 Å². The van der Waals surface area contributed by atoms with Gasteiger partial charge in [-0.05, 0) is 56.7 Å². The van der Waals surface area contributed by atoms with E-state index in [4.69, 9.17) is 19.4 Å². The molecule has 0 saturated carbocycles. The molecule has 1 aromatic heterocycles. The number of carbonyl (C=O) groups is 1. The minimum Gasteiger partial charge on any atom is -0.439 e. The fourth-order valence-electron chi connectivity index (χ4n) is 5.30. The van der Waals surface area contributed by atoms with Crippen LogP contribution in [0.5, 0.6) is 11.6 Å². The number of aromatic nitrogens is 2. The van der Waals surface area contributed by atoms with Gasteiger partial charge in [0.1, 0.15) is 11.6 Å². The Morgan fingerprint density at radius 1 is 1.00 bits per heavy atom. The summed E-state index contributed by atoms with van der Waals surface area (Å²) in [5.74, 6) is 2.64. The molecule has 0 atom stereocenters. The lowest BCUT2D eigenvalue weighted by Gasteiger charge is -2.42. The molecule has 0 radical (unpaired) electrons. The predicted octanol–water partition coefficient (Wildman–Crippen LogP) is 5.32. The molecule has 2 fully saturated rings. The van der Waals surface area contributed by atoms with Crippen molar-refractivity contribution in [2.24, 2.45) is 5.41 Å². The second-order valence-corrected chi connectivity index (χ2v) is 9.74. The van der Waals surface area contributed by atoms with Gasteiger partial charge in [0.05, 0.1) is 5.41 Å². The first-order chi connectivity index (χ1) is 17.1. The van der Waals surface area contributed by atoms with E-state index in [-0.39, 0.29) is 17.2 Å².